The lowest BCUT2D eigenvalue weighted by Crippen LogP contribution is -2.33. The quantitative estimate of drug-likeness (QED) is 0.421. The highest BCUT2D eigenvalue weighted by Gasteiger charge is 2.62. The van der Waals surface area contributed by atoms with Crippen LogP contribution in [0.2, 0.25) is 0 Å². The number of halogens is 4. The van der Waals surface area contributed by atoms with Gasteiger partial charge in [-0.3, -0.25) is 19.9 Å². The summed E-state index contributed by atoms with van der Waals surface area (Å²) in [5, 5.41) is 2.78. The lowest BCUT2D eigenvalue weighted by Gasteiger charge is -2.21. The largest absolute Gasteiger partial charge is 0.492 e. The second-order valence-corrected chi connectivity index (χ2v) is 8.41. The van der Waals surface area contributed by atoms with Crippen LogP contribution in [0.3, 0.4) is 0 Å². The molecular weight excluding hydrogens is 464 g/mol. The number of amides is 1. The number of fused-ring (bicyclic) bond motifs is 1. The van der Waals surface area contributed by atoms with Gasteiger partial charge in [-0.05, 0) is 37.1 Å². The third-order valence-corrected chi connectivity index (χ3v) is 6.22. The summed E-state index contributed by atoms with van der Waals surface area (Å²) in [5.41, 5.74) is 3.72. The molecule has 1 fully saturated rings. The maximum atomic E-state index is 14.3. The first kappa shape index (κ1) is 22.8. The minimum atomic E-state index is -4.41. The smallest absolute Gasteiger partial charge is 0.405 e. The molecule has 0 radical (unpaired) electrons. The molecule has 0 unspecified atom stereocenters. The molecule has 0 saturated heterocycles. The van der Waals surface area contributed by atoms with Gasteiger partial charge in [-0.25, -0.2) is 4.39 Å². The molecule has 3 heterocycles. The molecule has 10 heteroatoms. The fourth-order valence-electron chi connectivity index (χ4n) is 4.14. The summed E-state index contributed by atoms with van der Waals surface area (Å²) in [6, 6.07) is 7.65. The standard InChI is InChI=1S/C25H20F4N4O2/c1-35-22-18(26)3-2-4-19(22)32-33-20-7-12-31-23(34)17(20)13-21(33)16-6-11-30-14-15(16)5-8-24(9-10-24)25(27,28)29/h2-4,6,11,13-14,32H,7,9-10,12H2,1H3,(H,31,34). The minimum absolute atomic E-state index is 0.0169. The molecule has 2 N–H and O–H groups in total. The second-order valence-electron chi connectivity index (χ2n) is 8.41. The van der Waals surface area contributed by atoms with Gasteiger partial charge in [-0.1, -0.05) is 17.9 Å². The number of anilines is 1. The highest BCUT2D eigenvalue weighted by molar-refractivity contribution is 5.98. The van der Waals surface area contributed by atoms with Gasteiger partial charge in [0.2, 0.25) is 0 Å². The van der Waals surface area contributed by atoms with Crippen LogP contribution in [0.4, 0.5) is 23.2 Å². The summed E-state index contributed by atoms with van der Waals surface area (Å²) in [7, 11) is 1.34. The molecule has 3 aromatic rings. The second kappa shape index (κ2) is 8.34. The van der Waals surface area contributed by atoms with Crippen molar-refractivity contribution in [2.24, 2.45) is 5.41 Å². The van der Waals surface area contributed by atoms with E-state index in [2.05, 4.69) is 27.6 Å². The fraction of sp³-hybridized carbons (Fsp3) is 0.280. The molecule has 1 amide bonds. The molecule has 5 rings (SSSR count). The number of aromatic nitrogens is 2. The normalized spacial score (nSPS) is 16.0. The zero-order valence-corrected chi connectivity index (χ0v) is 18.6. The van der Waals surface area contributed by atoms with E-state index >= 15 is 0 Å². The van der Waals surface area contributed by atoms with Crippen molar-refractivity contribution in [1.82, 2.24) is 15.0 Å². The maximum absolute atomic E-state index is 14.3. The molecule has 0 atom stereocenters. The van der Waals surface area contributed by atoms with Gasteiger partial charge in [-0.15, -0.1) is 0 Å². The van der Waals surface area contributed by atoms with Gasteiger partial charge in [0, 0.05) is 30.9 Å². The van der Waals surface area contributed by atoms with Crippen molar-refractivity contribution in [3.05, 3.63) is 65.4 Å². The van der Waals surface area contributed by atoms with Gasteiger partial charge in [-0.2, -0.15) is 13.2 Å². The van der Waals surface area contributed by atoms with Gasteiger partial charge in [0.1, 0.15) is 5.41 Å². The molecule has 35 heavy (non-hydrogen) atoms. The topological polar surface area (TPSA) is 68.2 Å². The molecule has 1 aliphatic heterocycles. The van der Waals surface area contributed by atoms with Crippen LogP contribution in [0.15, 0.2) is 42.7 Å². The number of carbonyl (C=O) groups is 1. The third-order valence-electron chi connectivity index (χ3n) is 6.22. The van der Waals surface area contributed by atoms with Gasteiger partial charge in [0.15, 0.2) is 11.6 Å². The zero-order chi connectivity index (χ0) is 24.8. The average Bonchev–Trinajstić information content (AvgIpc) is 3.55. The Morgan fingerprint density at radius 2 is 2.03 bits per heavy atom. The highest BCUT2D eigenvalue weighted by atomic mass is 19.4. The third kappa shape index (κ3) is 3.97. The van der Waals surface area contributed by atoms with E-state index < -0.39 is 17.4 Å². The number of nitrogens with one attached hydrogen (secondary N) is 2. The predicted molar refractivity (Wildman–Crippen MR) is 120 cm³/mol. The Balaban J connectivity index is 1.65. The van der Waals surface area contributed by atoms with E-state index in [0.717, 1.165) is 0 Å². The Kier molecular flexibility index (Phi) is 5.43. The summed E-state index contributed by atoms with van der Waals surface area (Å²) in [4.78, 5) is 16.6. The number of methoxy groups -OCH3 is 1. The number of alkyl halides is 3. The van der Waals surface area contributed by atoms with E-state index in [-0.39, 0.29) is 30.1 Å². The van der Waals surface area contributed by atoms with Crippen LogP contribution in [0.5, 0.6) is 5.75 Å². The van der Waals surface area contributed by atoms with Crippen LogP contribution >= 0.6 is 0 Å². The van der Waals surface area contributed by atoms with Crippen LogP contribution in [0.1, 0.15) is 34.5 Å². The van der Waals surface area contributed by atoms with Crippen LogP contribution in [-0.2, 0) is 6.42 Å². The molecule has 180 valence electrons. The summed E-state index contributed by atoms with van der Waals surface area (Å²) >= 11 is 0. The molecule has 2 aromatic heterocycles. The number of pyridine rings is 1. The van der Waals surface area contributed by atoms with Crippen LogP contribution < -0.4 is 15.5 Å². The van der Waals surface area contributed by atoms with E-state index in [1.807, 2.05) is 0 Å². The maximum Gasteiger partial charge on any atom is 0.405 e. The van der Waals surface area contributed by atoms with E-state index in [0.29, 0.717) is 41.2 Å². The first-order chi connectivity index (χ1) is 16.7. The lowest BCUT2D eigenvalue weighted by molar-refractivity contribution is -0.168. The predicted octanol–water partition coefficient (Wildman–Crippen LogP) is 4.55. The van der Waals surface area contributed by atoms with Crippen LogP contribution in [0, 0.1) is 23.1 Å². The van der Waals surface area contributed by atoms with Crippen molar-refractivity contribution >= 4 is 11.6 Å². The van der Waals surface area contributed by atoms with Crippen molar-refractivity contribution in [1.29, 1.82) is 0 Å². The first-order valence-electron chi connectivity index (χ1n) is 10.9. The van der Waals surface area contributed by atoms with Crippen LogP contribution in [-0.4, -0.2) is 35.4 Å². The Hall–Kier alpha value is -4.00. The van der Waals surface area contributed by atoms with Crippen molar-refractivity contribution in [3.8, 4) is 28.8 Å². The van der Waals surface area contributed by atoms with Gasteiger partial charge in [0.05, 0.1) is 35.3 Å². The summed E-state index contributed by atoms with van der Waals surface area (Å²) < 4.78 is 61.4. The SMILES string of the molecule is COc1c(F)cccc1Nn1c(-c2ccncc2C#CC2(C(F)(F)F)CC2)cc2c1CCNC2=O. The molecule has 2 aliphatic rings. The lowest BCUT2D eigenvalue weighted by atomic mass is 10.0. The number of hydrogen-bond donors (Lipinski definition) is 2. The Bertz CT molecular complexity index is 1380. The molecule has 1 saturated carbocycles. The number of carbonyl (C=O) groups excluding carboxylic acids is 1. The highest BCUT2D eigenvalue weighted by Crippen LogP contribution is 2.57. The Morgan fingerprint density at radius 1 is 1.23 bits per heavy atom. The fourth-order valence-corrected chi connectivity index (χ4v) is 4.14. The molecule has 6 nitrogen and oxygen atoms in total. The first-order valence-corrected chi connectivity index (χ1v) is 10.9. The minimum Gasteiger partial charge on any atom is -0.492 e. The number of rotatable bonds is 4. The van der Waals surface area contributed by atoms with E-state index in [9.17, 15) is 22.4 Å². The Labute approximate surface area is 198 Å². The summed E-state index contributed by atoms with van der Waals surface area (Å²) in [6.45, 7) is 0.397. The van der Waals surface area contributed by atoms with Crippen molar-refractivity contribution in [3.63, 3.8) is 0 Å². The van der Waals surface area contributed by atoms with Gasteiger partial charge >= 0.3 is 6.18 Å². The van der Waals surface area contributed by atoms with Crippen molar-refractivity contribution in [2.75, 3.05) is 19.1 Å². The molecule has 1 aromatic carbocycles. The van der Waals surface area contributed by atoms with Gasteiger partial charge < -0.3 is 10.1 Å². The monoisotopic (exact) mass is 484 g/mol. The summed E-state index contributed by atoms with van der Waals surface area (Å²) in [5.74, 6) is 4.21. The molecule has 0 spiro atoms. The average molecular weight is 484 g/mol. The number of ether oxygens (including phenoxy) is 1. The number of para-hydroxylation sites is 1. The summed E-state index contributed by atoms with van der Waals surface area (Å²) in [6.07, 6.45) is -1.11. The van der Waals surface area contributed by atoms with Crippen molar-refractivity contribution in [2.45, 2.75) is 25.4 Å². The molecule has 0 bridgehead atoms. The van der Waals surface area contributed by atoms with E-state index in [1.165, 1.54) is 31.6 Å². The zero-order valence-electron chi connectivity index (χ0n) is 18.6. The molecule has 1 aliphatic carbocycles. The Morgan fingerprint density at radius 3 is 2.74 bits per heavy atom. The number of benzene rings is 1. The van der Waals surface area contributed by atoms with Gasteiger partial charge in [0.25, 0.3) is 5.91 Å². The molecular formula is C25H20F4N4O2. The number of hydrogen-bond acceptors (Lipinski definition) is 4. The number of nitrogens with zero attached hydrogens (tertiary/aromatic N) is 2. The van der Waals surface area contributed by atoms with Crippen molar-refractivity contribution < 1.29 is 27.1 Å². The van der Waals surface area contributed by atoms with E-state index in [1.54, 1.807) is 22.9 Å². The van der Waals surface area contributed by atoms with E-state index in [4.69, 9.17) is 4.74 Å². The van der Waals surface area contributed by atoms with Crippen LogP contribution in [0.25, 0.3) is 11.3 Å².